The molecule has 1 unspecified atom stereocenters. The van der Waals surface area contributed by atoms with Crippen molar-refractivity contribution in [3.05, 3.63) is 65.9 Å². The Bertz CT molecular complexity index is 1110. The van der Waals surface area contributed by atoms with Crippen LogP contribution < -0.4 is 16.8 Å². The highest BCUT2D eigenvalue weighted by atomic mass is 35.5. The molecule has 1 atom stereocenters. The summed E-state index contributed by atoms with van der Waals surface area (Å²) in [5, 5.41) is 12.6. The lowest BCUT2D eigenvalue weighted by Gasteiger charge is -2.15. The summed E-state index contributed by atoms with van der Waals surface area (Å²) < 4.78 is 0. The molecule has 0 fully saturated rings. The lowest BCUT2D eigenvalue weighted by Crippen LogP contribution is -2.21. The third-order valence-electron chi connectivity index (χ3n) is 4.54. The Morgan fingerprint density at radius 1 is 1.12 bits per heavy atom. The van der Waals surface area contributed by atoms with Crippen LogP contribution in [0.2, 0.25) is 0 Å². The molecule has 0 saturated heterocycles. The maximum Gasteiger partial charge on any atom is 0.303 e. The maximum atomic E-state index is 12.7. The lowest BCUT2D eigenvalue weighted by molar-refractivity contribution is -0.137. The van der Waals surface area contributed by atoms with Gasteiger partial charge in [-0.05, 0) is 30.2 Å². The van der Waals surface area contributed by atoms with Crippen molar-refractivity contribution in [2.24, 2.45) is 16.5 Å². The first-order valence-corrected chi connectivity index (χ1v) is 10.4. The number of rotatable bonds is 8. The third-order valence-corrected chi connectivity index (χ3v) is 5.64. The van der Waals surface area contributed by atoms with Gasteiger partial charge < -0.3 is 21.9 Å². The van der Waals surface area contributed by atoms with Crippen molar-refractivity contribution in [1.82, 2.24) is 4.98 Å². The normalized spacial score (nSPS) is 11.2. The zero-order valence-corrected chi connectivity index (χ0v) is 19.0. The number of aromatic nitrogens is 1. The average Bonchev–Trinajstić information content (AvgIpc) is 3.07. The second kappa shape index (κ2) is 11.3. The van der Waals surface area contributed by atoms with Crippen LogP contribution in [0.4, 0.5) is 10.8 Å². The third kappa shape index (κ3) is 6.79. The number of carbonyl (C=O) groups excluding carboxylic acids is 1. The molecule has 3 rings (SSSR count). The van der Waals surface area contributed by atoms with Gasteiger partial charge in [-0.15, -0.1) is 12.4 Å². The second-order valence-electron chi connectivity index (χ2n) is 6.99. The van der Waals surface area contributed by atoms with Gasteiger partial charge in [-0.2, -0.15) is 4.99 Å². The first-order valence-electron chi connectivity index (χ1n) is 9.56. The highest BCUT2D eigenvalue weighted by Gasteiger charge is 2.19. The van der Waals surface area contributed by atoms with Crippen molar-refractivity contribution in [1.29, 1.82) is 0 Å². The van der Waals surface area contributed by atoms with Crippen LogP contribution in [0.15, 0.2) is 59.6 Å². The molecule has 1 aromatic heterocycles. The van der Waals surface area contributed by atoms with Gasteiger partial charge in [0, 0.05) is 18.0 Å². The van der Waals surface area contributed by atoms with Gasteiger partial charge in [0.05, 0.1) is 17.0 Å². The van der Waals surface area contributed by atoms with Crippen LogP contribution in [0.3, 0.4) is 0 Å². The van der Waals surface area contributed by atoms with Crippen LogP contribution in [0, 0.1) is 6.92 Å². The molecule has 1 heterocycles. The summed E-state index contributed by atoms with van der Waals surface area (Å²) in [7, 11) is 0. The summed E-state index contributed by atoms with van der Waals surface area (Å²) in [6.45, 7) is 1.86. The lowest BCUT2D eigenvalue weighted by atomic mass is 9.92. The van der Waals surface area contributed by atoms with Crippen LogP contribution in [0.25, 0.3) is 10.4 Å². The molecule has 8 nitrogen and oxygen atoms in total. The molecule has 0 radical (unpaired) electrons. The summed E-state index contributed by atoms with van der Waals surface area (Å²) >= 11 is 1.35. The van der Waals surface area contributed by atoms with Crippen LogP contribution in [0.1, 0.15) is 30.0 Å². The number of aliphatic carboxylic acids is 1. The molecule has 2 aromatic carbocycles. The van der Waals surface area contributed by atoms with Gasteiger partial charge >= 0.3 is 5.97 Å². The minimum atomic E-state index is -0.944. The zero-order chi connectivity index (χ0) is 22.4. The van der Waals surface area contributed by atoms with Crippen LogP contribution >= 0.6 is 23.7 Å². The predicted molar refractivity (Wildman–Crippen MR) is 130 cm³/mol. The Morgan fingerprint density at radius 2 is 1.84 bits per heavy atom. The number of nitrogens with zero attached hydrogens (tertiary/aromatic N) is 2. The fourth-order valence-corrected chi connectivity index (χ4v) is 4.18. The first kappa shape index (κ1) is 24.8. The summed E-state index contributed by atoms with van der Waals surface area (Å²) in [4.78, 5) is 33.1. The van der Waals surface area contributed by atoms with E-state index in [0.29, 0.717) is 10.8 Å². The number of carboxylic acid groups (broad SMARTS) is 1. The number of hydrogen-bond acceptors (Lipinski definition) is 5. The number of hydrogen-bond donors (Lipinski definition) is 4. The van der Waals surface area contributed by atoms with Crippen LogP contribution in [-0.2, 0) is 9.59 Å². The smallest absolute Gasteiger partial charge is 0.303 e. The molecule has 3 aromatic rings. The molecule has 0 saturated carbocycles. The van der Waals surface area contributed by atoms with Gasteiger partial charge in [0.25, 0.3) is 0 Å². The molecule has 6 N–H and O–H groups in total. The Balaban J connectivity index is 0.00000363. The molecule has 0 bridgehead atoms. The van der Waals surface area contributed by atoms with Crippen LogP contribution in [0.5, 0.6) is 0 Å². The van der Waals surface area contributed by atoms with E-state index < -0.39 is 11.9 Å². The van der Waals surface area contributed by atoms with Crippen molar-refractivity contribution in [2.75, 3.05) is 5.32 Å². The van der Waals surface area contributed by atoms with Crippen LogP contribution in [-0.4, -0.2) is 27.9 Å². The van der Waals surface area contributed by atoms with E-state index in [4.69, 9.17) is 11.5 Å². The Morgan fingerprint density at radius 3 is 2.50 bits per heavy atom. The summed E-state index contributed by atoms with van der Waals surface area (Å²) in [5.74, 6) is -1.67. The number of guanidine groups is 1. The molecule has 1 amide bonds. The minimum Gasteiger partial charge on any atom is -0.481 e. The number of halogens is 1. The standard InChI is InChI=1S/C22H23N5O3S.ClH/c1-13-20(31-22(25-13)27-21(23)24)15-8-5-9-17(10-15)26-18(28)11-16(12-19(29)30)14-6-3-2-4-7-14;/h2-10,16H,11-12H2,1H3,(H,26,28)(H,29,30)(H4,23,24,25,27);1H. The summed E-state index contributed by atoms with van der Waals surface area (Å²) in [5.41, 5.74) is 13.9. The SMILES string of the molecule is Cc1nc(N=C(N)N)sc1-c1cccc(NC(=O)CC(CC(=O)O)c2ccccc2)c1.Cl. The number of anilines is 1. The highest BCUT2D eigenvalue weighted by Crippen LogP contribution is 2.35. The van der Waals surface area contributed by atoms with Gasteiger partial charge in [0.2, 0.25) is 11.0 Å². The van der Waals surface area contributed by atoms with Gasteiger partial charge in [0.15, 0.2) is 5.96 Å². The number of carboxylic acids is 1. The largest absolute Gasteiger partial charge is 0.481 e. The number of carbonyl (C=O) groups is 2. The Hall–Kier alpha value is -3.43. The van der Waals surface area contributed by atoms with E-state index in [1.165, 1.54) is 11.3 Å². The van der Waals surface area contributed by atoms with Crippen molar-refractivity contribution in [3.8, 4) is 10.4 Å². The van der Waals surface area contributed by atoms with Crippen molar-refractivity contribution in [3.63, 3.8) is 0 Å². The second-order valence-corrected chi connectivity index (χ2v) is 7.96. The van der Waals surface area contributed by atoms with Gasteiger partial charge in [0.1, 0.15) is 0 Å². The van der Waals surface area contributed by atoms with E-state index in [1.54, 1.807) is 6.07 Å². The minimum absolute atomic E-state index is 0. The molecule has 0 aliphatic heterocycles. The van der Waals surface area contributed by atoms with E-state index in [9.17, 15) is 14.7 Å². The number of aliphatic imine (C=N–C) groups is 1. The van der Waals surface area contributed by atoms with Crippen molar-refractivity contribution < 1.29 is 14.7 Å². The molecular formula is C22H24ClN5O3S. The fraction of sp³-hybridized carbons (Fsp3) is 0.182. The molecular weight excluding hydrogens is 450 g/mol. The van der Waals surface area contributed by atoms with Gasteiger partial charge in [-0.1, -0.05) is 53.8 Å². The van der Waals surface area contributed by atoms with E-state index in [-0.39, 0.29) is 37.1 Å². The number of aryl methyl sites for hydroxylation is 1. The number of amides is 1. The predicted octanol–water partition coefficient (Wildman–Crippen LogP) is 4.03. The fourth-order valence-electron chi connectivity index (χ4n) is 3.23. The molecule has 168 valence electrons. The first-order chi connectivity index (χ1) is 14.8. The van der Waals surface area contributed by atoms with Crippen molar-refractivity contribution in [2.45, 2.75) is 25.7 Å². The number of nitrogens with two attached hydrogens (primary N) is 2. The molecule has 32 heavy (non-hydrogen) atoms. The summed E-state index contributed by atoms with van der Waals surface area (Å²) in [6.07, 6.45) is -0.0557. The Kier molecular flexibility index (Phi) is 8.74. The zero-order valence-electron chi connectivity index (χ0n) is 17.3. The van der Waals surface area contributed by atoms with E-state index in [0.717, 1.165) is 21.7 Å². The molecule has 0 aliphatic carbocycles. The van der Waals surface area contributed by atoms with E-state index in [1.807, 2.05) is 55.5 Å². The van der Waals surface area contributed by atoms with Crippen molar-refractivity contribution >= 4 is 52.4 Å². The van der Waals surface area contributed by atoms with E-state index >= 15 is 0 Å². The molecule has 0 spiro atoms. The Labute approximate surface area is 195 Å². The topological polar surface area (TPSA) is 144 Å². The number of nitrogens with one attached hydrogen (secondary N) is 1. The number of benzene rings is 2. The summed E-state index contributed by atoms with van der Waals surface area (Å²) in [6, 6.07) is 16.6. The monoisotopic (exact) mass is 473 g/mol. The highest BCUT2D eigenvalue weighted by molar-refractivity contribution is 7.18. The maximum absolute atomic E-state index is 12.7. The molecule has 0 aliphatic rings. The van der Waals surface area contributed by atoms with Gasteiger partial charge in [-0.25, -0.2) is 4.98 Å². The average molecular weight is 474 g/mol. The van der Waals surface area contributed by atoms with Gasteiger partial charge in [-0.3, -0.25) is 9.59 Å². The van der Waals surface area contributed by atoms with E-state index in [2.05, 4.69) is 15.3 Å². The number of thiazole rings is 1. The quantitative estimate of drug-likeness (QED) is 0.287. The molecule has 10 heteroatoms.